The number of aromatic nitrogens is 2. The summed E-state index contributed by atoms with van der Waals surface area (Å²) in [7, 11) is 0. The van der Waals surface area contributed by atoms with Gasteiger partial charge in [-0.15, -0.1) is 0 Å². The summed E-state index contributed by atoms with van der Waals surface area (Å²) in [4.78, 5) is 2.40. The first-order valence-corrected chi connectivity index (χ1v) is 6.60. The van der Waals surface area contributed by atoms with Crippen LogP contribution in [0.3, 0.4) is 0 Å². The third kappa shape index (κ3) is 2.72. The molecule has 1 unspecified atom stereocenters. The molecule has 0 aliphatic carbocycles. The smallest absolute Gasteiger partial charge is 0.0624 e. The van der Waals surface area contributed by atoms with Crippen LogP contribution in [0.15, 0.2) is 11.2 Å². The van der Waals surface area contributed by atoms with Crippen LogP contribution in [0.4, 0.5) is 0 Å². The second kappa shape index (κ2) is 5.52. The Morgan fingerprint density at radius 2 is 2.33 bits per heavy atom. The van der Waals surface area contributed by atoms with Crippen molar-refractivity contribution in [2.24, 2.45) is 11.1 Å². The average Bonchev–Trinajstić information content (AvgIpc) is 2.70. The van der Waals surface area contributed by atoms with Gasteiger partial charge in [0.05, 0.1) is 17.1 Å². The third-order valence-electron chi connectivity index (χ3n) is 3.58. The molecule has 1 aliphatic heterocycles. The Labute approximate surface area is 108 Å². The first kappa shape index (κ1) is 13.1. The van der Waals surface area contributed by atoms with Gasteiger partial charge in [-0.25, -0.2) is 0 Å². The van der Waals surface area contributed by atoms with Crippen molar-refractivity contribution in [1.82, 2.24) is 14.7 Å². The maximum atomic E-state index is 8.88. The summed E-state index contributed by atoms with van der Waals surface area (Å²) in [6, 6.07) is 2.16. The van der Waals surface area contributed by atoms with E-state index >= 15 is 0 Å². The van der Waals surface area contributed by atoms with Gasteiger partial charge in [-0.05, 0) is 19.9 Å². The highest BCUT2D eigenvalue weighted by molar-refractivity contribution is 5.86. The summed E-state index contributed by atoms with van der Waals surface area (Å²) in [5.74, 6) is 0.336. The molecule has 1 N–H and O–H groups in total. The molecule has 1 fully saturated rings. The monoisotopic (exact) mass is 250 g/mol. The number of rotatable bonds is 3. The summed E-state index contributed by atoms with van der Waals surface area (Å²) in [5, 5.41) is 16.7. The zero-order chi connectivity index (χ0) is 13.1. The third-order valence-corrected chi connectivity index (χ3v) is 3.58. The van der Waals surface area contributed by atoms with E-state index in [-0.39, 0.29) is 0 Å². The maximum absolute atomic E-state index is 8.88. The SMILES string of the molecule is CCn1nc(C)cc1CN1CC/C(=N/O)C(C)C1. The van der Waals surface area contributed by atoms with E-state index in [4.69, 9.17) is 5.21 Å². The summed E-state index contributed by atoms with van der Waals surface area (Å²) < 4.78 is 2.07. The van der Waals surface area contributed by atoms with Crippen LogP contribution in [0.2, 0.25) is 0 Å². The number of nitrogens with zero attached hydrogens (tertiary/aromatic N) is 4. The molecule has 18 heavy (non-hydrogen) atoms. The van der Waals surface area contributed by atoms with Crippen LogP contribution in [0.25, 0.3) is 0 Å². The Hall–Kier alpha value is -1.36. The minimum Gasteiger partial charge on any atom is -0.411 e. The highest BCUT2D eigenvalue weighted by Crippen LogP contribution is 2.17. The standard InChI is InChI=1S/C13H22N4O/c1-4-17-12(7-11(3)14-17)9-16-6-5-13(15-18)10(2)8-16/h7,10,18H,4-6,8-9H2,1-3H3/b15-13-. The predicted molar refractivity (Wildman–Crippen MR) is 70.9 cm³/mol. The zero-order valence-corrected chi connectivity index (χ0v) is 11.4. The van der Waals surface area contributed by atoms with Crippen LogP contribution in [0, 0.1) is 12.8 Å². The molecule has 2 heterocycles. The Morgan fingerprint density at radius 1 is 1.56 bits per heavy atom. The molecular formula is C13H22N4O. The highest BCUT2D eigenvalue weighted by Gasteiger charge is 2.23. The van der Waals surface area contributed by atoms with Crippen molar-refractivity contribution in [2.75, 3.05) is 13.1 Å². The lowest BCUT2D eigenvalue weighted by Crippen LogP contribution is -2.39. The largest absolute Gasteiger partial charge is 0.411 e. The molecule has 0 amide bonds. The van der Waals surface area contributed by atoms with E-state index in [1.54, 1.807) is 0 Å². The topological polar surface area (TPSA) is 53.7 Å². The molecule has 1 aromatic heterocycles. The molecule has 5 nitrogen and oxygen atoms in total. The van der Waals surface area contributed by atoms with Crippen LogP contribution in [-0.4, -0.2) is 38.7 Å². The minimum atomic E-state index is 0.336. The van der Waals surface area contributed by atoms with Gasteiger partial charge in [0, 0.05) is 38.5 Å². The number of hydrogen-bond acceptors (Lipinski definition) is 4. The van der Waals surface area contributed by atoms with Crippen LogP contribution >= 0.6 is 0 Å². The molecule has 1 atom stereocenters. The lowest BCUT2D eigenvalue weighted by atomic mass is 9.97. The lowest BCUT2D eigenvalue weighted by Gasteiger charge is -2.31. The van der Waals surface area contributed by atoms with Crippen molar-refractivity contribution in [2.45, 2.75) is 40.3 Å². The van der Waals surface area contributed by atoms with E-state index in [0.717, 1.165) is 44.0 Å². The Kier molecular flexibility index (Phi) is 4.01. The quantitative estimate of drug-likeness (QED) is 0.658. The second-order valence-corrected chi connectivity index (χ2v) is 5.07. The Bertz CT molecular complexity index is 438. The van der Waals surface area contributed by atoms with Crippen LogP contribution in [-0.2, 0) is 13.1 Å². The summed E-state index contributed by atoms with van der Waals surface area (Å²) in [5.41, 5.74) is 3.27. The number of likely N-dealkylation sites (tertiary alicyclic amines) is 1. The zero-order valence-electron chi connectivity index (χ0n) is 11.4. The average molecular weight is 250 g/mol. The lowest BCUT2D eigenvalue weighted by molar-refractivity contribution is 0.223. The number of oxime groups is 1. The van der Waals surface area contributed by atoms with Crippen molar-refractivity contribution in [3.8, 4) is 0 Å². The van der Waals surface area contributed by atoms with Crippen molar-refractivity contribution in [3.05, 3.63) is 17.5 Å². The molecule has 1 aromatic rings. The number of aryl methyl sites for hydroxylation is 2. The number of hydrogen-bond donors (Lipinski definition) is 1. The molecule has 2 rings (SSSR count). The summed E-state index contributed by atoms with van der Waals surface area (Å²) in [6.07, 6.45) is 0.858. The molecule has 100 valence electrons. The van der Waals surface area contributed by atoms with Gasteiger partial charge in [0.2, 0.25) is 0 Å². The fourth-order valence-electron chi connectivity index (χ4n) is 2.62. The second-order valence-electron chi connectivity index (χ2n) is 5.07. The van der Waals surface area contributed by atoms with Gasteiger partial charge in [0.1, 0.15) is 0 Å². The predicted octanol–water partition coefficient (Wildman–Crippen LogP) is 1.88. The summed E-state index contributed by atoms with van der Waals surface area (Å²) >= 11 is 0. The fraction of sp³-hybridized carbons (Fsp3) is 0.692. The van der Waals surface area contributed by atoms with Gasteiger partial charge in [-0.2, -0.15) is 5.10 Å². The van der Waals surface area contributed by atoms with E-state index < -0.39 is 0 Å². The maximum Gasteiger partial charge on any atom is 0.0624 e. The molecule has 1 saturated heterocycles. The minimum absolute atomic E-state index is 0.336. The van der Waals surface area contributed by atoms with E-state index in [2.05, 4.69) is 39.7 Å². The molecule has 0 spiro atoms. The van der Waals surface area contributed by atoms with Crippen LogP contribution in [0.1, 0.15) is 31.7 Å². The summed E-state index contributed by atoms with van der Waals surface area (Å²) in [6.45, 7) is 10.0. The van der Waals surface area contributed by atoms with E-state index in [1.807, 2.05) is 6.92 Å². The van der Waals surface area contributed by atoms with Gasteiger partial charge in [-0.1, -0.05) is 12.1 Å². The van der Waals surface area contributed by atoms with E-state index in [1.165, 1.54) is 5.69 Å². The Morgan fingerprint density at radius 3 is 2.94 bits per heavy atom. The highest BCUT2D eigenvalue weighted by atomic mass is 16.4. The molecular weight excluding hydrogens is 228 g/mol. The fourth-order valence-corrected chi connectivity index (χ4v) is 2.62. The Balaban J connectivity index is 2.02. The van der Waals surface area contributed by atoms with Gasteiger partial charge in [-0.3, -0.25) is 9.58 Å². The first-order valence-electron chi connectivity index (χ1n) is 6.60. The first-order chi connectivity index (χ1) is 8.63. The molecule has 1 aliphatic rings. The molecule has 0 bridgehead atoms. The van der Waals surface area contributed by atoms with Crippen molar-refractivity contribution in [3.63, 3.8) is 0 Å². The van der Waals surface area contributed by atoms with Crippen LogP contribution in [0.5, 0.6) is 0 Å². The van der Waals surface area contributed by atoms with Crippen molar-refractivity contribution in [1.29, 1.82) is 0 Å². The van der Waals surface area contributed by atoms with E-state index in [0.29, 0.717) is 5.92 Å². The van der Waals surface area contributed by atoms with Gasteiger partial charge in [0.25, 0.3) is 0 Å². The molecule has 0 aromatic carbocycles. The van der Waals surface area contributed by atoms with Crippen LogP contribution < -0.4 is 0 Å². The van der Waals surface area contributed by atoms with Gasteiger partial charge in [0.15, 0.2) is 0 Å². The van der Waals surface area contributed by atoms with Gasteiger partial charge >= 0.3 is 0 Å². The van der Waals surface area contributed by atoms with E-state index in [9.17, 15) is 0 Å². The van der Waals surface area contributed by atoms with Gasteiger partial charge < -0.3 is 5.21 Å². The normalized spacial score (nSPS) is 23.7. The number of piperidine rings is 1. The van der Waals surface area contributed by atoms with Crippen molar-refractivity contribution >= 4 is 5.71 Å². The molecule has 0 saturated carbocycles. The molecule has 5 heteroatoms. The van der Waals surface area contributed by atoms with Crippen molar-refractivity contribution < 1.29 is 5.21 Å². The molecule has 0 radical (unpaired) electrons.